The van der Waals surface area contributed by atoms with Crippen molar-refractivity contribution in [3.05, 3.63) is 29.3 Å². The highest BCUT2D eigenvalue weighted by Crippen LogP contribution is 2.27. The average Bonchev–Trinajstić information content (AvgIpc) is 2.86. The topological polar surface area (TPSA) is 69.7 Å². The zero-order valence-electron chi connectivity index (χ0n) is 15.7. The molecule has 2 aliphatic rings. The Morgan fingerprint density at radius 3 is 2.46 bits per heavy atom. The second kappa shape index (κ2) is 7.48. The standard InChI is InChI=1S/C20H27N3O3/c1-13(2)12-23-18(24)16-10-9-14(11-17(16)19(23)25)21-20(26)22(3)15-7-5-4-6-8-15/h9-11,13,15H,4-8,12H2,1-3H3,(H,21,26). The quantitative estimate of drug-likeness (QED) is 0.835. The van der Waals surface area contributed by atoms with Crippen LogP contribution in [0.15, 0.2) is 18.2 Å². The van der Waals surface area contributed by atoms with Gasteiger partial charge in [-0.15, -0.1) is 0 Å². The Morgan fingerprint density at radius 2 is 1.81 bits per heavy atom. The molecule has 1 heterocycles. The number of nitrogens with zero attached hydrogens (tertiary/aromatic N) is 2. The summed E-state index contributed by atoms with van der Waals surface area (Å²) < 4.78 is 0. The third kappa shape index (κ3) is 3.59. The van der Waals surface area contributed by atoms with E-state index < -0.39 is 0 Å². The minimum atomic E-state index is -0.282. The normalized spacial score (nSPS) is 17.6. The number of nitrogens with one attached hydrogen (secondary N) is 1. The molecule has 0 spiro atoms. The number of carbonyl (C=O) groups is 3. The molecule has 0 radical (unpaired) electrons. The van der Waals surface area contributed by atoms with Gasteiger partial charge in [-0.25, -0.2) is 4.79 Å². The summed E-state index contributed by atoms with van der Waals surface area (Å²) in [6.45, 7) is 4.34. The molecule has 140 valence electrons. The first-order chi connectivity index (χ1) is 12.4. The third-order valence-corrected chi connectivity index (χ3v) is 5.21. The molecule has 3 rings (SSSR count). The molecule has 1 aliphatic heterocycles. The highest BCUT2D eigenvalue weighted by molar-refractivity contribution is 6.21. The molecule has 1 saturated carbocycles. The lowest BCUT2D eigenvalue weighted by Crippen LogP contribution is -2.40. The molecule has 1 aromatic rings. The molecule has 6 nitrogen and oxygen atoms in total. The van der Waals surface area contributed by atoms with Gasteiger partial charge in [0.1, 0.15) is 0 Å². The molecule has 4 amide bonds. The van der Waals surface area contributed by atoms with Crippen LogP contribution in [0.2, 0.25) is 0 Å². The summed E-state index contributed by atoms with van der Waals surface area (Å²) in [5.74, 6) is -0.327. The Kier molecular flexibility index (Phi) is 5.30. The fraction of sp³-hybridized carbons (Fsp3) is 0.550. The number of hydrogen-bond donors (Lipinski definition) is 1. The van der Waals surface area contributed by atoms with E-state index in [0.717, 1.165) is 25.7 Å². The first-order valence-corrected chi connectivity index (χ1v) is 9.42. The maximum absolute atomic E-state index is 12.5. The van der Waals surface area contributed by atoms with E-state index in [1.165, 1.54) is 11.3 Å². The average molecular weight is 357 g/mol. The van der Waals surface area contributed by atoms with Gasteiger partial charge in [0.25, 0.3) is 11.8 Å². The van der Waals surface area contributed by atoms with Gasteiger partial charge in [-0.3, -0.25) is 14.5 Å². The van der Waals surface area contributed by atoms with Crippen molar-refractivity contribution in [3.8, 4) is 0 Å². The summed E-state index contributed by atoms with van der Waals surface area (Å²) in [5.41, 5.74) is 1.33. The zero-order chi connectivity index (χ0) is 18.8. The molecule has 0 aromatic heterocycles. The second-order valence-corrected chi connectivity index (χ2v) is 7.71. The number of anilines is 1. The van der Waals surface area contributed by atoms with Crippen molar-refractivity contribution in [1.29, 1.82) is 0 Å². The van der Waals surface area contributed by atoms with Crippen LogP contribution in [0.5, 0.6) is 0 Å². The van der Waals surface area contributed by atoms with E-state index in [1.807, 2.05) is 20.9 Å². The molecule has 6 heteroatoms. The number of urea groups is 1. The summed E-state index contributed by atoms with van der Waals surface area (Å²) in [4.78, 5) is 40.5. The molecular weight excluding hydrogens is 330 g/mol. The number of imide groups is 1. The molecule has 0 bridgehead atoms. The SMILES string of the molecule is CC(C)CN1C(=O)c2ccc(NC(=O)N(C)C3CCCCC3)cc2C1=O. The van der Waals surface area contributed by atoms with E-state index in [2.05, 4.69) is 5.32 Å². The molecule has 1 aromatic carbocycles. The van der Waals surface area contributed by atoms with Crippen LogP contribution in [0.25, 0.3) is 0 Å². The fourth-order valence-electron chi connectivity index (χ4n) is 3.75. The summed E-state index contributed by atoms with van der Waals surface area (Å²) in [6.07, 6.45) is 5.61. The lowest BCUT2D eigenvalue weighted by atomic mass is 9.95. The second-order valence-electron chi connectivity index (χ2n) is 7.71. The number of fused-ring (bicyclic) bond motifs is 1. The summed E-state index contributed by atoms with van der Waals surface area (Å²) >= 11 is 0. The van der Waals surface area contributed by atoms with Crippen LogP contribution in [-0.2, 0) is 0 Å². The zero-order valence-corrected chi connectivity index (χ0v) is 15.7. The van der Waals surface area contributed by atoms with Crippen molar-refractivity contribution in [2.24, 2.45) is 5.92 Å². The smallest absolute Gasteiger partial charge is 0.321 e. The molecule has 1 aliphatic carbocycles. The third-order valence-electron chi connectivity index (χ3n) is 5.21. The molecule has 26 heavy (non-hydrogen) atoms. The van der Waals surface area contributed by atoms with Gasteiger partial charge in [-0.2, -0.15) is 0 Å². The first kappa shape index (κ1) is 18.4. The van der Waals surface area contributed by atoms with Crippen LogP contribution in [0.4, 0.5) is 10.5 Å². The van der Waals surface area contributed by atoms with Crippen LogP contribution < -0.4 is 5.32 Å². The first-order valence-electron chi connectivity index (χ1n) is 9.42. The summed E-state index contributed by atoms with van der Waals surface area (Å²) in [6, 6.07) is 5.03. The number of carbonyl (C=O) groups excluding carboxylic acids is 3. The van der Waals surface area contributed by atoms with Crippen LogP contribution in [0, 0.1) is 5.92 Å². The maximum atomic E-state index is 12.5. The summed E-state index contributed by atoms with van der Waals surface area (Å²) in [7, 11) is 1.82. The van der Waals surface area contributed by atoms with Gasteiger partial charge < -0.3 is 10.2 Å². The van der Waals surface area contributed by atoms with Crippen molar-refractivity contribution < 1.29 is 14.4 Å². The fourth-order valence-corrected chi connectivity index (χ4v) is 3.75. The Labute approximate surface area is 154 Å². The predicted molar refractivity (Wildman–Crippen MR) is 100 cm³/mol. The summed E-state index contributed by atoms with van der Waals surface area (Å²) in [5, 5.41) is 2.86. The van der Waals surface area contributed by atoms with E-state index in [-0.39, 0.29) is 29.8 Å². The minimum Gasteiger partial charge on any atom is -0.325 e. The number of benzene rings is 1. The van der Waals surface area contributed by atoms with Crippen molar-refractivity contribution in [2.45, 2.75) is 52.0 Å². The molecule has 0 saturated heterocycles. The van der Waals surface area contributed by atoms with Gasteiger partial charge in [0.05, 0.1) is 11.1 Å². The predicted octanol–water partition coefficient (Wildman–Crippen LogP) is 3.74. The highest BCUT2D eigenvalue weighted by atomic mass is 16.2. The van der Waals surface area contributed by atoms with Gasteiger partial charge in [0.15, 0.2) is 0 Å². The van der Waals surface area contributed by atoms with Crippen molar-refractivity contribution in [3.63, 3.8) is 0 Å². The lowest BCUT2D eigenvalue weighted by molar-refractivity contribution is 0.0636. The van der Waals surface area contributed by atoms with Gasteiger partial charge in [-0.05, 0) is 37.0 Å². The molecule has 1 fully saturated rings. The maximum Gasteiger partial charge on any atom is 0.321 e. The van der Waals surface area contributed by atoms with Gasteiger partial charge in [0.2, 0.25) is 0 Å². The molecule has 1 N–H and O–H groups in total. The lowest BCUT2D eigenvalue weighted by Gasteiger charge is -2.31. The molecule has 0 atom stereocenters. The van der Waals surface area contributed by atoms with E-state index in [1.54, 1.807) is 23.1 Å². The monoisotopic (exact) mass is 357 g/mol. The molecular formula is C20H27N3O3. The Balaban J connectivity index is 1.72. The van der Waals surface area contributed by atoms with E-state index in [0.29, 0.717) is 23.4 Å². The number of hydrogen-bond acceptors (Lipinski definition) is 3. The van der Waals surface area contributed by atoms with Gasteiger partial charge in [0, 0.05) is 25.3 Å². The van der Waals surface area contributed by atoms with E-state index in [4.69, 9.17) is 0 Å². The molecule has 0 unspecified atom stereocenters. The Morgan fingerprint density at radius 1 is 1.15 bits per heavy atom. The van der Waals surface area contributed by atoms with Crippen molar-refractivity contribution in [1.82, 2.24) is 9.80 Å². The Bertz CT molecular complexity index is 723. The van der Waals surface area contributed by atoms with E-state index in [9.17, 15) is 14.4 Å². The Hall–Kier alpha value is -2.37. The van der Waals surface area contributed by atoms with E-state index >= 15 is 0 Å². The van der Waals surface area contributed by atoms with Crippen LogP contribution in [0.1, 0.15) is 66.7 Å². The number of rotatable bonds is 4. The van der Waals surface area contributed by atoms with Gasteiger partial charge >= 0.3 is 6.03 Å². The number of amides is 4. The minimum absolute atomic E-state index is 0.173. The largest absolute Gasteiger partial charge is 0.325 e. The van der Waals surface area contributed by atoms with Crippen LogP contribution in [0.3, 0.4) is 0 Å². The van der Waals surface area contributed by atoms with Crippen molar-refractivity contribution >= 4 is 23.5 Å². The van der Waals surface area contributed by atoms with Gasteiger partial charge in [-0.1, -0.05) is 33.1 Å². The highest BCUT2D eigenvalue weighted by Gasteiger charge is 2.36. The van der Waals surface area contributed by atoms with Crippen LogP contribution in [-0.4, -0.2) is 47.3 Å². The van der Waals surface area contributed by atoms with Crippen LogP contribution >= 0.6 is 0 Å². The van der Waals surface area contributed by atoms with Crippen molar-refractivity contribution in [2.75, 3.05) is 18.9 Å².